The van der Waals surface area contributed by atoms with Crippen LogP contribution in [0.5, 0.6) is 0 Å². The van der Waals surface area contributed by atoms with Crippen LogP contribution in [0.25, 0.3) is 0 Å². The van der Waals surface area contributed by atoms with Crippen molar-refractivity contribution >= 4 is 12.1 Å². The highest BCUT2D eigenvalue weighted by Crippen LogP contribution is 2.45. The largest absolute Gasteiger partial charge is 0.481 e. The number of carbonyl (C=O) groups excluding carboxylic acids is 1. The summed E-state index contributed by atoms with van der Waals surface area (Å²) in [6.45, 7) is 8.17. The Morgan fingerprint density at radius 1 is 1.22 bits per heavy atom. The van der Waals surface area contributed by atoms with Crippen LogP contribution >= 0.6 is 0 Å². The van der Waals surface area contributed by atoms with E-state index in [1.54, 1.807) is 4.90 Å². The molecule has 0 saturated carbocycles. The van der Waals surface area contributed by atoms with Crippen LogP contribution in [-0.4, -0.2) is 59.7 Å². The number of likely N-dealkylation sites (tertiary alicyclic amines) is 2. The molecule has 6 nitrogen and oxygen atoms in total. The molecule has 1 unspecified atom stereocenters. The van der Waals surface area contributed by atoms with Crippen LogP contribution in [0.15, 0.2) is 30.3 Å². The number of benzene rings is 1. The zero-order valence-corrected chi connectivity index (χ0v) is 16.3. The average Bonchev–Trinajstić information content (AvgIpc) is 3.02. The topological polar surface area (TPSA) is 70.1 Å². The van der Waals surface area contributed by atoms with Gasteiger partial charge in [0.1, 0.15) is 6.61 Å². The van der Waals surface area contributed by atoms with Gasteiger partial charge in [0.2, 0.25) is 0 Å². The number of hydrogen-bond acceptors (Lipinski definition) is 4. The average molecular weight is 374 g/mol. The van der Waals surface area contributed by atoms with Crippen molar-refractivity contribution in [3.63, 3.8) is 0 Å². The Hall–Kier alpha value is -2.08. The lowest BCUT2D eigenvalue weighted by Crippen LogP contribution is -2.47. The summed E-state index contributed by atoms with van der Waals surface area (Å²) in [5.74, 6) is -0.712. The number of carboxylic acid groups (broad SMARTS) is 1. The van der Waals surface area contributed by atoms with Crippen LogP contribution < -0.4 is 0 Å². The maximum absolute atomic E-state index is 12.5. The molecule has 2 heterocycles. The van der Waals surface area contributed by atoms with Crippen LogP contribution in [0.1, 0.15) is 32.3 Å². The zero-order valence-electron chi connectivity index (χ0n) is 16.3. The molecule has 2 aliphatic rings. The predicted octanol–water partition coefficient (Wildman–Crippen LogP) is 3.08. The lowest BCUT2D eigenvalue weighted by molar-refractivity contribution is -0.145. The number of amides is 1. The second kappa shape index (κ2) is 8.30. The quantitative estimate of drug-likeness (QED) is 0.858. The van der Waals surface area contributed by atoms with Gasteiger partial charge in [0.15, 0.2) is 0 Å². The highest BCUT2D eigenvalue weighted by atomic mass is 16.6. The number of ether oxygens (including phenoxy) is 1. The molecule has 1 spiro atoms. The van der Waals surface area contributed by atoms with Crippen molar-refractivity contribution in [3.8, 4) is 0 Å². The van der Waals surface area contributed by atoms with Crippen molar-refractivity contribution in [2.75, 3.05) is 32.7 Å². The first-order chi connectivity index (χ1) is 12.9. The number of carboxylic acids is 1. The standard InChI is InChI=1S/C21H30N2O4/c1-16(2)12-22-10-8-21(9-11-22)15-23(13-18(21)19(24)25)20(26)27-14-17-6-4-3-5-7-17/h3-7,16,18H,8-15H2,1-2H3,(H,24,25). The van der Waals surface area contributed by atoms with Crippen LogP contribution in [0, 0.1) is 17.3 Å². The molecule has 0 aliphatic carbocycles. The van der Waals surface area contributed by atoms with Crippen molar-refractivity contribution in [1.29, 1.82) is 0 Å². The molecule has 1 N–H and O–H groups in total. The molecule has 2 aliphatic heterocycles. The molecule has 0 bridgehead atoms. The van der Waals surface area contributed by atoms with Crippen molar-refractivity contribution in [3.05, 3.63) is 35.9 Å². The summed E-state index contributed by atoms with van der Waals surface area (Å²) in [4.78, 5) is 28.4. The van der Waals surface area contributed by atoms with Crippen molar-refractivity contribution in [2.45, 2.75) is 33.3 Å². The SMILES string of the molecule is CC(C)CN1CCC2(CC1)CN(C(=O)OCc1ccccc1)CC2C(=O)O. The molecule has 1 aromatic rings. The van der Waals surface area contributed by atoms with Gasteiger partial charge in [-0.1, -0.05) is 44.2 Å². The summed E-state index contributed by atoms with van der Waals surface area (Å²) < 4.78 is 5.43. The van der Waals surface area contributed by atoms with E-state index in [0.29, 0.717) is 12.5 Å². The van der Waals surface area contributed by atoms with Crippen molar-refractivity contribution in [2.24, 2.45) is 17.3 Å². The molecular weight excluding hydrogens is 344 g/mol. The third-order valence-electron chi connectivity index (χ3n) is 5.88. The summed E-state index contributed by atoms with van der Waals surface area (Å²) in [7, 11) is 0. The van der Waals surface area contributed by atoms with Gasteiger partial charge >= 0.3 is 12.1 Å². The summed E-state index contributed by atoms with van der Waals surface area (Å²) in [5.41, 5.74) is 0.599. The lowest BCUT2D eigenvalue weighted by Gasteiger charge is -2.41. The maximum atomic E-state index is 12.5. The van der Waals surface area contributed by atoms with Gasteiger partial charge in [0, 0.05) is 25.0 Å². The minimum absolute atomic E-state index is 0.211. The van der Waals surface area contributed by atoms with Gasteiger partial charge in [-0.15, -0.1) is 0 Å². The molecule has 2 fully saturated rings. The Morgan fingerprint density at radius 3 is 2.48 bits per heavy atom. The van der Waals surface area contributed by atoms with Gasteiger partial charge in [0.05, 0.1) is 5.92 Å². The number of hydrogen-bond donors (Lipinski definition) is 1. The fourth-order valence-electron chi connectivity index (χ4n) is 4.46. The number of rotatable bonds is 5. The summed E-state index contributed by atoms with van der Waals surface area (Å²) in [5, 5.41) is 9.76. The van der Waals surface area contributed by atoms with E-state index >= 15 is 0 Å². The fourth-order valence-corrected chi connectivity index (χ4v) is 4.46. The van der Waals surface area contributed by atoms with E-state index in [4.69, 9.17) is 4.74 Å². The molecule has 148 valence electrons. The van der Waals surface area contributed by atoms with E-state index in [2.05, 4.69) is 18.7 Å². The molecule has 1 aromatic carbocycles. The molecule has 6 heteroatoms. The second-order valence-corrected chi connectivity index (χ2v) is 8.37. The van der Waals surface area contributed by atoms with Gasteiger partial charge in [0.25, 0.3) is 0 Å². The molecule has 1 atom stereocenters. The monoisotopic (exact) mass is 374 g/mol. The van der Waals surface area contributed by atoms with Gasteiger partial charge in [-0.2, -0.15) is 0 Å². The van der Waals surface area contributed by atoms with Gasteiger partial charge in [-0.05, 0) is 37.4 Å². The van der Waals surface area contributed by atoms with Gasteiger partial charge in [-0.3, -0.25) is 4.79 Å². The van der Waals surface area contributed by atoms with Crippen LogP contribution in [0.4, 0.5) is 4.79 Å². The van der Waals surface area contributed by atoms with E-state index in [0.717, 1.165) is 38.0 Å². The summed E-state index contributed by atoms with van der Waals surface area (Å²) >= 11 is 0. The summed E-state index contributed by atoms with van der Waals surface area (Å²) in [6, 6.07) is 9.53. The maximum Gasteiger partial charge on any atom is 0.410 e. The van der Waals surface area contributed by atoms with Crippen molar-refractivity contribution in [1.82, 2.24) is 9.80 Å². The molecular formula is C21H30N2O4. The Morgan fingerprint density at radius 2 is 1.89 bits per heavy atom. The highest BCUT2D eigenvalue weighted by molar-refractivity contribution is 5.75. The second-order valence-electron chi connectivity index (χ2n) is 8.37. The first-order valence-corrected chi connectivity index (χ1v) is 9.80. The molecule has 27 heavy (non-hydrogen) atoms. The normalized spacial score (nSPS) is 22.3. The first-order valence-electron chi connectivity index (χ1n) is 9.80. The van der Waals surface area contributed by atoms with E-state index < -0.39 is 18.0 Å². The number of piperidine rings is 1. The Labute approximate surface area is 161 Å². The Kier molecular flexibility index (Phi) is 6.05. The van der Waals surface area contributed by atoms with E-state index in [-0.39, 0.29) is 18.6 Å². The fraction of sp³-hybridized carbons (Fsp3) is 0.619. The predicted molar refractivity (Wildman–Crippen MR) is 102 cm³/mol. The Bertz CT molecular complexity index is 653. The van der Waals surface area contributed by atoms with Crippen LogP contribution in [-0.2, 0) is 16.1 Å². The molecule has 0 radical (unpaired) electrons. The molecule has 1 amide bonds. The smallest absolute Gasteiger partial charge is 0.410 e. The third kappa shape index (κ3) is 4.61. The summed E-state index contributed by atoms with van der Waals surface area (Å²) in [6.07, 6.45) is 1.23. The third-order valence-corrected chi connectivity index (χ3v) is 5.88. The zero-order chi connectivity index (χ0) is 19.4. The van der Waals surface area contributed by atoms with E-state index in [1.165, 1.54) is 0 Å². The molecule has 2 saturated heterocycles. The molecule has 3 rings (SSSR count). The minimum atomic E-state index is -0.800. The Balaban J connectivity index is 1.61. The van der Waals surface area contributed by atoms with Crippen LogP contribution in [0.2, 0.25) is 0 Å². The first kappa shape index (κ1) is 19.7. The number of aliphatic carboxylic acids is 1. The number of nitrogens with zero attached hydrogens (tertiary/aromatic N) is 2. The lowest BCUT2D eigenvalue weighted by atomic mass is 9.71. The van der Waals surface area contributed by atoms with Gasteiger partial charge < -0.3 is 19.6 Å². The number of carbonyl (C=O) groups is 2. The molecule has 0 aromatic heterocycles. The van der Waals surface area contributed by atoms with Crippen LogP contribution in [0.3, 0.4) is 0 Å². The van der Waals surface area contributed by atoms with Crippen molar-refractivity contribution < 1.29 is 19.4 Å². The van der Waals surface area contributed by atoms with E-state index in [1.807, 2.05) is 30.3 Å². The minimum Gasteiger partial charge on any atom is -0.481 e. The van der Waals surface area contributed by atoms with Gasteiger partial charge in [-0.25, -0.2) is 4.79 Å². The van der Waals surface area contributed by atoms with E-state index in [9.17, 15) is 14.7 Å². The highest BCUT2D eigenvalue weighted by Gasteiger charge is 2.52.